The molecule has 0 amide bonds. The Morgan fingerprint density at radius 3 is 1.83 bits per heavy atom. The molecule has 0 aromatic carbocycles. The normalized spacial score (nSPS) is 11.6. The van der Waals surface area contributed by atoms with Crippen LogP contribution in [0, 0.1) is 0 Å². The minimum Gasteiger partial charge on any atom is -0.291 e. The Morgan fingerprint density at radius 2 is 1.58 bits per heavy atom. The third kappa shape index (κ3) is 3.37. The molecule has 0 bridgehead atoms. The van der Waals surface area contributed by atoms with Crippen molar-refractivity contribution in [2.45, 2.75) is 26.4 Å². The summed E-state index contributed by atoms with van der Waals surface area (Å²) in [5.74, 6) is 0. The van der Waals surface area contributed by atoms with Crippen LogP contribution in [0.2, 0.25) is 0 Å². The maximum Gasteiger partial charge on any atom is 0.0652 e. The van der Waals surface area contributed by atoms with Gasteiger partial charge >= 0.3 is 0 Å². The minimum atomic E-state index is 0.512. The predicted octanol–water partition coefficient (Wildman–Crippen LogP) is 1.79. The summed E-state index contributed by atoms with van der Waals surface area (Å²) in [5, 5.41) is 0. The van der Waals surface area contributed by atoms with Crippen molar-refractivity contribution in [3.63, 3.8) is 0 Å². The van der Waals surface area contributed by atoms with Gasteiger partial charge < -0.3 is 0 Å². The Morgan fingerprint density at radius 1 is 1.17 bits per heavy atom. The first-order valence-corrected chi connectivity index (χ1v) is 4.68. The third-order valence-electron chi connectivity index (χ3n) is 2.39. The van der Waals surface area contributed by atoms with E-state index in [0.29, 0.717) is 6.17 Å². The van der Waals surface area contributed by atoms with Crippen molar-refractivity contribution in [3.05, 3.63) is 12.7 Å². The maximum absolute atomic E-state index is 3.78. The second-order valence-corrected chi connectivity index (χ2v) is 3.15. The van der Waals surface area contributed by atoms with Crippen LogP contribution in [0.4, 0.5) is 0 Å². The van der Waals surface area contributed by atoms with Gasteiger partial charge in [-0.2, -0.15) is 0 Å². The monoisotopic (exact) mass is 170 g/mol. The van der Waals surface area contributed by atoms with Crippen molar-refractivity contribution in [2.75, 3.05) is 27.2 Å². The lowest BCUT2D eigenvalue weighted by Crippen LogP contribution is -2.44. The molecule has 0 aliphatic rings. The molecular weight excluding hydrogens is 148 g/mol. The van der Waals surface area contributed by atoms with Crippen molar-refractivity contribution < 1.29 is 0 Å². The smallest absolute Gasteiger partial charge is 0.0652 e. The molecule has 0 atom stereocenters. The van der Waals surface area contributed by atoms with Gasteiger partial charge in [-0.25, -0.2) is 0 Å². The number of hydrogen-bond acceptors (Lipinski definition) is 2. The average Bonchev–Trinajstić information content (AvgIpc) is 2.11. The summed E-state index contributed by atoms with van der Waals surface area (Å²) in [6.07, 6.45) is 3.54. The van der Waals surface area contributed by atoms with Crippen LogP contribution < -0.4 is 0 Å². The summed E-state index contributed by atoms with van der Waals surface area (Å²) < 4.78 is 0. The molecule has 72 valence electrons. The Kier molecular flexibility index (Phi) is 6.03. The second-order valence-electron chi connectivity index (χ2n) is 3.15. The maximum atomic E-state index is 3.78. The van der Waals surface area contributed by atoms with E-state index in [1.807, 2.05) is 6.08 Å². The lowest BCUT2D eigenvalue weighted by atomic mass is 10.2. The van der Waals surface area contributed by atoms with Crippen molar-refractivity contribution in [1.29, 1.82) is 0 Å². The molecule has 0 spiro atoms. The van der Waals surface area contributed by atoms with Crippen LogP contribution in [0.25, 0.3) is 0 Å². The van der Waals surface area contributed by atoms with Crippen LogP contribution in [-0.4, -0.2) is 43.2 Å². The summed E-state index contributed by atoms with van der Waals surface area (Å²) >= 11 is 0. The van der Waals surface area contributed by atoms with Crippen LogP contribution in [0.15, 0.2) is 12.7 Å². The van der Waals surface area contributed by atoms with Gasteiger partial charge in [0.05, 0.1) is 6.17 Å². The molecule has 0 rings (SSSR count). The van der Waals surface area contributed by atoms with E-state index in [1.165, 1.54) is 0 Å². The molecule has 0 aliphatic carbocycles. The Hall–Kier alpha value is -0.340. The molecule has 0 saturated heterocycles. The van der Waals surface area contributed by atoms with Crippen LogP contribution >= 0.6 is 0 Å². The first-order valence-electron chi connectivity index (χ1n) is 4.68. The molecule has 0 aromatic rings. The molecule has 0 N–H and O–H groups in total. The van der Waals surface area contributed by atoms with Crippen LogP contribution in [0.5, 0.6) is 0 Å². The summed E-state index contributed by atoms with van der Waals surface area (Å²) in [5.41, 5.74) is 0. The SMILES string of the molecule is C=CCC(N(C)CC)N(C)CC. The Balaban J connectivity index is 4.09. The number of rotatable bonds is 6. The fourth-order valence-corrected chi connectivity index (χ4v) is 1.27. The van der Waals surface area contributed by atoms with E-state index in [2.05, 4.69) is 44.3 Å². The molecule has 2 heteroatoms. The molecule has 0 heterocycles. The first kappa shape index (κ1) is 11.7. The van der Waals surface area contributed by atoms with E-state index < -0.39 is 0 Å². The van der Waals surface area contributed by atoms with Gasteiger partial charge in [-0.15, -0.1) is 6.58 Å². The standard InChI is InChI=1S/C10H22N2/c1-6-9-10(11(4)7-2)12(5)8-3/h6,10H,1,7-9H2,2-5H3. The van der Waals surface area contributed by atoms with E-state index in [9.17, 15) is 0 Å². The molecule has 0 saturated carbocycles. The van der Waals surface area contributed by atoms with Gasteiger partial charge in [0.2, 0.25) is 0 Å². The fourth-order valence-electron chi connectivity index (χ4n) is 1.27. The molecular formula is C10H22N2. The summed E-state index contributed by atoms with van der Waals surface area (Å²) in [7, 11) is 4.31. The van der Waals surface area contributed by atoms with Gasteiger partial charge in [0.15, 0.2) is 0 Å². The van der Waals surface area contributed by atoms with Gasteiger partial charge in [0.1, 0.15) is 0 Å². The lowest BCUT2D eigenvalue weighted by molar-refractivity contribution is 0.0941. The third-order valence-corrected chi connectivity index (χ3v) is 2.39. The zero-order valence-electron chi connectivity index (χ0n) is 8.88. The molecule has 0 unspecified atom stereocenters. The van der Waals surface area contributed by atoms with Gasteiger partial charge in [-0.1, -0.05) is 19.9 Å². The van der Waals surface area contributed by atoms with E-state index in [-0.39, 0.29) is 0 Å². The zero-order valence-corrected chi connectivity index (χ0v) is 8.88. The Bertz CT molecular complexity index is 113. The van der Waals surface area contributed by atoms with Crippen LogP contribution in [0.3, 0.4) is 0 Å². The highest BCUT2D eigenvalue weighted by molar-refractivity contribution is 4.77. The van der Waals surface area contributed by atoms with Crippen LogP contribution in [-0.2, 0) is 0 Å². The molecule has 0 aromatic heterocycles. The van der Waals surface area contributed by atoms with Gasteiger partial charge in [0.25, 0.3) is 0 Å². The lowest BCUT2D eigenvalue weighted by Gasteiger charge is -2.33. The molecule has 12 heavy (non-hydrogen) atoms. The molecule has 0 aliphatic heterocycles. The summed E-state index contributed by atoms with van der Waals surface area (Å²) in [4.78, 5) is 4.68. The van der Waals surface area contributed by atoms with Gasteiger partial charge in [-0.05, 0) is 33.6 Å². The highest BCUT2D eigenvalue weighted by Gasteiger charge is 2.14. The average molecular weight is 170 g/mol. The molecule has 0 radical (unpaired) electrons. The van der Waals surface area contributed by atoms with Crippen molar-refractivity contribution in [3.8, 4) is 0 Å². The van der Waals surface area contributed by atoms with Crippen molar-refractivity contribution >= 4 is 0 Å². The number of hydrogen-bond donors (Lipinski definition) is 0. The second kappa shape index (κ2) is 6.21. The van der Waals surface area contributed by atoms with E-state index in [0.717, 1.165) is 19.5 Å². The predicted molar refractivity (Wildman–Crippen MR) is 55.2 cm³/mol. The first-order chi connectivity index (χ1) is 5.67. The minimum absolute atomic E-state index is 0.512. The van der Waals surface area contributed by atoms with Gasteiger partial charge in [0, 0.05) is 0 Å². The van der Waals surface area contributed by atoms with E-state index >= 15 is 0 Å². The summed E-state index contributed by atoms with van der Waals surface area (Å²) in [6.45, 7) is 10.3. The highest BCUT2D eigenvalue weighted by Crippen LogP contribution is 2.06. The molecule has 2 nitrogen and oxygen atoms in total. The highest BCUT2D eigenvalue weighted by atomic mass is 15.3. The topological polar surface area (TPSA) is 6.48 Å². The van der Waals surface area contributed by atoms with E-state index in [4.69, 9.17) is 0 Å². The molecule has 0 fully saturated rings. The summed E-state index contributed by atoms with van der Waals surface area (Å²) in [6, 6.07) is 0. The quantitative estimate of drug-likeness (QED) is 0.443. The van der Waals surface area contributed by atoms with Gasteiger partial charge in [-0.3, -0.25) is 9.80 Å². The van der Waals surface area contributed by atoms with Crippen molar-refractivity contribution in [2.24, 2.45) is 0 Å². The fraction of sp³-hybridized carbons (Fsp3) is 0.800. The zero-order chi connectivity index (χ0) is 9.56. The largest absolute Gasteiger partial charge is 0.291 e. The van der Waals surface area contributed by atoms with Crippen LogP contribution in [0.1, 0.15) is 20.3 Å². The Labute approximate surface area is 76.9 Å². The number of nitrogens with zero attached hydrogens (tertiary/aromatic N) is 2. The van der Waals surface area contributed by atoms with Crippen molar-refractivity contribution in [1.82, 2.24) is 9.80 Å². The van der Waals surface area contributed by atoms with E-state index in [1.54, 1.807) is 0 Å².